The average Bonchev–Trinajstić information content (AvgIpc) is 3.26. The maximum atomic E-state index is 13.9. The molecule has 3 aromatic carbocycles. The third kappa shape index (κ3) is 18.1. The van der Waals surface area contributed by atoms with Crippen LogP contribution in [0.25, 0.3) is 0 Å². The highest BCUT2D eigenvalue weighted by atomic mass is 32.2. The lowest BCUT2D eigenvalue weighted by Gasteiger charge is -2.34. The van der Waals surface area contributed by atoms with Gasteiger partial charge in [0.2, 0.25) is 0 Å². The van der Waals surface area contributed by atoms with Crippen LogP contribution in [0.5, 0.6) is 11.5 Å². The Bertz CT molecular complexity index is 1990. The number of benzene rings is 3. The Kier molecular flexibility index (Phi) is 23.8. The molecule has 0 saturated heterocycles. The molecule has 0 bridgehead atoms. The van der Waals surface area contributed by atoms with Gasteiger partial charge in [0.25, 0.3) is 0 Å². The molecule has 3 aromatic rings. The van der Waals surface area contributed by atoms with Crippen molar-refractivity contribution in [1.82, 2.24) is 0 Å². The molecule has 0 atom stereocenters. The molecule has 0 spiro atoms. The van der Waals surface area contributed by atoms with E-state index in [1.165, 1.54) is 121 Å². The Labute approximate surface area is 428 Å². The summed E-state index contributed by atoms with van der Waals surface area (Å²) >= 11 is 4.11. The van der Waals surface area contributed by atoms with Gasteiger partial charge in [-0.15, -0.1) is 23.5 Å². The van der Waals surface area contributed by atoms with Crippen molar-refractivity contribution < 1.29 is 19.1 Å². The van der Waals surface area contributed by atoms with E-state index in [0.717, 1.165) is 16.5 Å². The molecule has 0 radical (unpaired) electrons. The SMILES string of the molecule is CCCC[Si](CCCC)(CCCC)CSc1cc(C(C)(C)C)c(OC(=O)CCC(=O)Oc2cc(C(C)(C)C)c(SC[Si](CCCC)(CCCC)c3ccccc3)cc2C(C)(C)C)cc1C(C)(C)C. The second-order valence-corrected chi connectivity index (χ2v) is 36.8. The van der Waals surface area contributed by atoms with Gasteiger partial charge in [-0.3, -0.25) is 9.59 Å². The maximum Gasteiger partial charge on any atom is 0.311 e. The van der Waals surface area contributed by atoms with E-state index in [0.29, 0.717) is 11.5 Å². The summed E-state index contributed by atoms with van der Waals surface area (Å²) in [7, 11) is -3.35. The average molecular weight is 1000 g/mol. The van der Waals surface area contributed by atoms with Gasteiger partial charge in [-0.1, -0.05) is 248 Å². The summed E-state index contributed by atoms with van der Waals surface area (Å²) in [5.74, 6) is 0.381. The van der Waals surface area contributed by atoms with Crippen LogP contribution < -0.4 is 14.7 Å². The lowest BCUT2D eigenvalue weighted by Crippen LogP contribution is -2.50. The van der Waals surface area contributed by atoms with Gasteiger partial charge in [0.1, 0.15) is 11.5 Å². The van der Waals surface area contributed by atoms with E-state index in [-0.39, 0.29) is 34.5 Å². The first kappa shape index (κ1) is 60.0. The summed E-state index contributed by atoms with van der Waals surface area (Å²) in [4.78, 5) is 30.4. The van der Waals surface area contributed by atoms with E-state index >= 15 is 0 Å². The van der Waals surface area contributed by atoms with Crippen LogP contribution in [0.4, 0.5) is 0 Å². The van der Waals surface area contributed by atoms with Crippen molar-refractivity contribution in [2.45, 2.75) is 256 Å². The number of carbonyl (C=O) groups is 2. The van der Waals surface area contributed by atoms with E-state index in [9.17, 15) is 9.59 Å². The fourth-order valence-corrected chi connectivity index (χ4v) is 26.0. The van der Waals surface area contributed by atoms with E-state index < -0.39 is 28.1 Å². The minimum absolute atomic E-state index is 0.0587. The Morgan fingerprint density at radius 1 is 0.456 bits per heavy atom. The summed E-state index contributed by atoms with van der Waals surface area (Å²) in [6, 6.07) is 27.2. The zero-order valence-electron chi connectivity index (χ0n) is 46.6. The van der Waals surface area contributed by atoms with Crippen LogP contribution in [0.2, 0.25) is 30.2 Å². The molecule has 0 fully saturated rings. The predicted octanol–water partition coefficient (Wildman–Crippen LogP) is 18.2. The van der Waals surface area contributed by atoms with Crippen molar-refractivity contribution in [2.24, 2.45) is 0 Å². The number of rotatable bonds is 27. The second-order valence-electron chi connectivity index (χ2n) is 24.4. The topological polar surface area (TPSA) is 52.6 Å². The van der Waals surface area contributed by atoms with Crippen LogP contribution in [-0.4, -0.2) is 38.8 Å². The number of hydrogen-bond donors (Lipinski definition) is 0. The highest BCUT2D eigenvalue weighted by molar-refractivity contribution is 8.01. The molecule has 0 aromatic heterocycles. The molecule has 3 rings (SSSR count). The predicted molar refractivity (Wildman–Crippen MR) is 306 cm³/mol. The molecule has 0 aliphatic carbocycles. The first-order valence-corrected chi connectivity index (χ1v) is 34.3. The third-order valence-electron chi connectivity index (χ3n) is 14.0. The first-order valence-electron chi connectivity index (χ1n) is 26.9. The van der Waals surface area contributed by atoms with Crippen LogP contribution in [0, 0.1) is 0 Å². The molecule has 68 heavy (non-hydrogen) atoms. The molecule has 0 aliphatic rings. The smallest absolute Gasteiger partial charge is 0.311 e. The number of carbonyl (C=O) groups excluding carboxylic acids is 2. The standard InChI is InChI=1S/C60H98O4S2Si2/c1-18-23-35-67(36-24-19-2,37-25-20-3)44-65-53-42-47(57(6,7)8)51(40-49(53)59(12,13)14)63-55(61)33-34-56(62)64-52-41-50(60(15,16)17)54(43-48(52)58(9,10)11)66-45-68(38-26-21-4,39-27-22-5)46-31-29-28-30-32-46/h28-32,40-43H,18-27,33-39,44-45H2,1-17H3. The van der Waals surface area contributed by atoms with Crippen molar-refractivity contribution in [3.05, 3.63) is 76.9 Å². The lowest BCUT2D eigenvalue weighted by atomic mass is 9.81. The summed E-state index contributed by atoms with van der Waals surface area (Å²) in [6.45, 7) is 38.4. The van der Waals surface area contributed by atoms with Crippen LogP contribution >= 0.6 is 23.5 Å². The van der Waals surface area contributed by atoms with Gasteiger partial charge in [0.15, 0.2) is 0 Å². The molecule has 0 saturated carbocycles. The molecule has 0 heterocycles. The van der Waals surface area contributed by atoms with Crippen molar-refractivity contribution in [1.29, 1.82) is 0 Å². The quantitative estimate of drug-likeness (QED) is 0.0328. The number of unbranched alkanes of at least 4 members (excludes halogenated alkanes) is 5. The Hall–Kier alpha value is -2.27. The zero-order valence-corrected chi connectivity index (χ0v) is 50.2. The largest absolute Gasteiger partial charge is 0.426 e. The number of ether oxygens (including phenoxy) is 2. The number of hydrogen-bond acceptors (Lipinski definition) is 6. The van der Waals surface area contributed by atoms with Crippen molar-refractivity contribution in [3.8, 4) is 11.5 Å². The van der Waals surface area contributed by atoms with Gasteiger partial charge >= 0.3 is 11.9 Å². The van der Waals surface area contributed by atoms with Crippen LogP contribution in [-0.2, 0) is 31.2 Å². The molecule has 4 nitrogen and oxygen atoms in total. The molecule has 382 valence electrons. The maximum absolute atomic E-state index is 13.9. The van der Waals surface area contributed by atoms with E-state index in [4.69, 9.17) is 9.47 Å². The van der Waals surface area contributed by atoms with Gasteiger partial charge < -0.3 is 9.47 Å². The second kappa shape index (κ2) is 27.0. The monoisotopic (exact) mass is 1000 g/mol. The molecular weight excluding hydrogens is 905 g/mol. The fourth-order valence-electron chi connectivity index (χ4n) is 9.58. The van der Waals surface area contributed by atoms with Gasteiger partial charge in [-0.05, 0) is 67.8 Å². The summed E-state index contributed by atoms with van der Waals surface area (Å²) < 4.78 is 12.6. The van der Waals surface area contributed by atoms with E-state index in [1.807, 2.05) is 11.8 Å². The van der Waals surface area contributed by atoms with Crippen molar-refractivity contribution >= 4 is 56.8 Å². The third-order valence-corrected chi connectivity index (χ3v) is 29.5. The van der Waals surface area contributed by atoms with Crippen LogP contribution in [0.3, 0.4) is 0 Å². The molecule has 0 unspecified atom stereocenters. The Morgan fingerprint density at radius 2 is 0.794 bits per heavy atom. The highest BCUT2D eigenvalue weighted by Crippen LogP contribution is 2.45. The number of thioether (sulfide) groups is 2. The number of esters is 2. The molecule has 8 heteroatoms. The normalized spacial score (nSPS) is 13.0. The van der Waals surface area contributed by atoms with Crippen molar-refractivity contribution in [3.63, 3.8) is 0 Å². The molecule has 0 amide bonds. The first-order chi connectivity index (χ1) is 31.8. The fraction of sp³-hybridized carbons (Fsp3) is 0.667. The summed E-state index contributed by atoms with van der Waals surface area (Å²) in [6.07, 6.45) is 12.6. The Morgan fingerprint density at radius 3 is 1.13 bits per heavy atom. The molecular formula is C60H98O4S2Si2. The molecule has 0 N–H and O–H groups in total. The van der Waals surface area contributed by atoms with E-state index in [2.05, 4.69) is 184 Å². The van der Waals surface area contributed by atoms with Gasteiger partial charge in [0, 0.05) is 20.9 Å². The van der Waals surface area contributed by atoms with Gasteiger partial charge in [-0.25, -0.2) is 0 Å². The van der Waals surface area contributed by atoms with Crippen LogP contribution in [0.15, 0.2) is 64.4 Å². The zero-order chi connectivity index (χ0) is 51.0. The minimum atomic E-state index is -1.85. The van der Waals surface area contributed by atoms with Crippen molar-refractivity contribution in [2.75, 3.05) is 10.8 Å². The van der Waals surface area contributed by atoms with Crippen LogP contribution in [0.1, 0.15) is 217 Å². The van der Waals surface area contributed by atoms with Gasteiger partial charge in [-0.2, -0.15) is 0 Å². The lowest BCUT2D eigenvalue weighted by molar-refractivity contribution is -0.140. The summed E-state index contributed by atoms with van der Waals surface area (Å²) in [5, 5.41) is 3.94. The Balaban J connectivity index is 1.95. The minimum Gasteiger partial charge on any atom is -0.426 e. The molecule has 0 aliphatic heterocycles. The van der Waals surface area contributed by atoms with Gasteiger partial charge in [0.05, 0.1) is 29.0 Å². The van der Waals surface area contributed by atoms with E-state index in [1.54, 1.807) is 5.19 Å². The highest BCUT2D eigenvalue weighted by Gasteiger charge is 2.37. The summed E-state index contributed by atoms with van der Waals surface area (Å²) in [5.41, 5.74) is 3.62.